The summed E-state index contributed by atoms with van der Waals surface area (Å²) in [7, 11) is 0. The van der Waals surface area contributed by atoms with Gasteiger partial charge < -0.3 is 15.7 Å². The van der Waals surface area contributed by atoms with Gasteiger partial charge in [0, 0.05) is 17.4 Å². The fourth-order valence-corrected chi connectivity index (χ4v) is 1.91. The van der Waals surface area contributed by atoms with Crippen LogP contribution in [0.5, 0.6) is 0 Å². The van der Waals surface area contributed by atoms with Gasteiger partial charge in [-0.05, 0) is 25.7 Å². The molecule has 0 rings (SSSR count). The van der Waals surface area contributed by atoms with E-state index >= 15 is 0 Å². The first-order chi connectivity index (χ1) is 9.44. The van der Waals surface area contributed by atoms with E-state index in [2.05, 4.69) is 13.8 Å². The normalized spacial score (nSPS) is 11.8. The lowest BCUT2D eigenvalue weighted by molar-refractivity contribution is -0.143. The quantitative estimate of drug-likeness (QED) is 0.598. The third kappa shape index (κ3) is 17.5. The number of hydrogen-bond donors (Lipinski definition) is 2. The second-order valence-corrected chi connectivity index (χ2v) is 5.17. The van der Waals surface area contributed by atoms with Gasteiger partial charge in [0.15, 0.2) is 0 Å². The molecule has 22 heavy (non-hydrogen) atoms. The molecule has 131 valence electrons. The fraction of sp³-hybridized carbons (Fsp3) is 0.875. The Balaban J connectivity index is -0.000000135. The Kier molecular flexibility index (Phi) is 27.3. The lowest BCUT2D eigenvalue weighted by Gasteiger charge is -2.06. The molecule has 0 saturated carbocycles. The van der Waals surface area contributed by atoms with Crippen molar-refractivity contribution in [2.75, 3.05) is 0 Å². The molecule has 0 aliphatic heterocycles. The molecule has 0 aliphatic carbocycles. The highest BCUT2D eigenvalue weighted by atomic mass is 27.0. The maximum Gasteiger partial charge on any atom is 0.306 e. The zero-order valence-electron chi connectivity index (χ0n) is 14.6. The smallest absolute Gasteiger partial charge is 0.306 e. The van der Waals surface area contributed by atoms with Gasteiger partial charge in [-0.3, -0.25) is 9.59 Å². The first kappa shape index (κ1) is 29.4. The predicted molar refractivity (Wildman–Crippen MR) is 91.3 cm³/mol. The van der Waals surface area contributed by atoms with Gasteiger partial charge in [0.05, 0.1) is 11.8 Å². The van der Waals surface area contributed by atoms with Crippen LogP contribution in [0.2, 0.25) is 0 Å². The minimum atomic E-state index is -0.643. The zero-order chi connectivity index (χ0) is 16.0. The van der Waals surface area contributed by atoms with Gasteiger partial charge in [-0.15, -0.1) is 0 Å². The predicted octanol–water partition coefficient (Wildman–Crippen LogP) is 3.37. The van der Waals surface area contributed by atoms with Gasteiger partial charge >= 0.3 is 11.9 Å². The number of hydrogen-bond acceptors (Lipinski definition) is 2. The molecule has 4 N–H and O–H groups in total. The van der Waals surface area contributed by atoms with Crippen molar-refractivity contribution in [3.05, 3.63) is 0 Å². The Labute approximate surface area is 145 Å². The zero-order valence-corrected chi connectivity index (χ0v) is 15.8. The van der Waals surface area contributed by atoms with Crippen molar-refractivity contribution in [3.8, 4) is 0 Å². The Morgan fingerprint density at radius 3 is 1.18 bits per heavy atom. The van der Waals surface area contributed by atoms with Gasteiger partial charge in [0.1, 0.15) is 0 Å². The van der Waals surface area contributed by atoms with E-state index in [0.717, 1.165) is 51.4 Å². The first-order valence-electron chi connectivity index (χ1n) is 7.89. The summed E-state index contributed by atoms with van der Waals surface area (Å²) in [5.41, 5.74) is 0. The van der Waals surface area contributed by atoms with Gasteiger partial charge in [-0.1, -0.05) is 53.4 Å². The lowest BCUT2D eigenvalue weighted by Crippen LogP contribution is -2.11. The molecular formula is C16H34AlO5. The SMILES string of the molecule is CCCCC(CC)C(=O)O.CCCCC(CC)C(=O)O.O.[Al]. The number of carboxylic acid groups (broad SMARTS) is 2. The molecule has 0 bridgehead atoms. The molecule has 0 fully saturated rings. The maximum atomic E-state index is 10.4. The topological polar surface area (TPSA) is 106 Å². The minimum Gasteiger partial charge on any atom is -0.481 e. The number of unbranched alkanes of at least 4 members (excludes halogenated alkanes) is 2. The summed E-state index contributed by atoms with van der Waals surface area (Å²) in [6.07, 6.45) is 7.43. The molecule has 0 aromatic heterocycles. The minimum absolute atomic E-state index is 0. The number of carboxylic acids is 2. The monoisotopic (exact) mass is 333 g/mol. The van der Waals surface area contributed by atoms with E-state index in [1.54, 1.807) is 0 Å². The van der Waals surface area contributed by atoms with E-state index in [4.69, 9.17) is 10.2 Å². The molecule has 0 aromatic carbocycles. The molecule has 6 heteroatoms. The first-order valence-corrected chi connectivity index (χ1v) is 7.89. The molecule has 0 saturated heterocycles. The Morgan fingerprint density at radius 1 is 0.773 bits per heavy atom. The maximum absolute atomic E-state index is 10.4. The highest BCUT2D eigenvalue weighted by Crippen LogP contribution is 2.12. The summed E-state index contributed by atoms with van der Waals surface area (Å²) < 4.78 is 0. The van der Waals surface area contributed by atoms with Crippen LogP contribution in [0.4, 0.5) is 0 Å². The van der Waals surface area contributed by atoms with E-state index in [1.165, 1.54) is 0 Å². The van der Waals surface area contributed by atoms with Gasteiger partial charge in [0.2, 0.25) is 0 Å². The van der Waals surface area contributed by atoms with Crippen LogP contribution in [0, 0.1) is 11.8 Å². The molecule has 5 nitrogen and oxygen atoms in total. The Hall–Kier alpha value is -0.568. The van der Waals surface area contributed by atoms with Crippen LogP contribution in [-0.2, 0) is 9.59 Å². The largest absolute Gasteiger partial charge is 0.481 e. The van der Waals surface area contributed by atoms with Gasteiger partial charge in [-0.25, -0.2) is 0 Å². The summed E-state index contributed by atoms with van der Waals surface area (Å²) in [5.74, 6) is -1.51. The molecule has 0 spiro atoms. The standard InChI is InChI=1S/2C8H16O2.Al.H2O/c2*1-3-5-6-7(4-2)8(9)10;;/h2*7H,3-6H2,1-2H3,(H,9,10);;1H2. The van der Waals surface area contributed by atoms with Crippen LogP contribution in [0.25, 0.3) is 0 Å². The third-order valence-electron chi connectivity index (χ3n) is 3.50. The molecule has 0 aliphatic rings. The van der Waals surface area contributed by atoms with Crippen molar-refractivity contribution < 1.29 is 25.3 Å². The summed E-state index contributed by atoms with van der Waals surface area (Å²) in [6, 6.07) is 0. The van der Waals surface area contributed by atoms with Crippen LogP contribution >= 0.6 is 0 Å². The van der Waals surface area contributed by atoms with Crippen LogP contribution < -0.4 is 0 Å². The fourth-order valence-electron chi connectivity index (χ4n) is 1.91. The summed E-state index contributed by atoms with van der Waals surface area (Å²) in [4.78, 5) is 20.9. The van der Waals surface area contributed by atoms with Crippen molar-refractivity contribution in [1.29, 1.82) is 0 Å². The highest BCUT2D eigenvalue weighted by molar-refractivity contribution is 5.75. The summed E-state index contributed by atoms with van der Waals surface area (Å²) in [5, 5.41) is 17.2. The van der Waals surface area contributed by atoms with E-state index in [-0.39, 0.29) is 34.7 Å². The van der Waals surface area contributed by atoms with Crippen LogP contribution in [-0.4, -0.2) is 45.0 Å². The molecule has 0 heterocycles. The summed E-state index contributed by atoms with van der Waals surface area (Å²) in [6.45, 7) is 8.01. The van der Waals surface area contributed by atoms with E-state index in [0.29, 0.717) is 0 Å². The van der Waals surface area contributed by atoms with E-state index in [1.807, 2.05) is 13.8 Å². The number of carbonyl (C=O) groups is 2. The van der Waals surface area contributed by atoms with Crippen molar-refractivity contribution in [2.24, 2.45) is 11.8 Å². The average Bonchev–Trinajstić information content (AvgIpc) is 2.40. The van der Waals surface area contributed by atoms with Crippen molar-refractivity contribution in [2.45, 2.75) is 79.1 Å². The second kappa shape index (κ2) is 20.4. The van der Waals surface area contributed by atoms with Crippen LogP contribution in [0.15, 0.2) is 0 Å². The second-order valence-electron chi connectivity index (χ2n) is 5.17. The van der Waals surface area contributed by atoms with E-state index < -0.39 is 11.9 Å². The molecule has 2 unspecified atom stereocenters. The van der Waals surface area contributed by atoms with Crippen molar-refractivity contribution in [3.63, 3.8) is 0 Å². The van der Waals surface area contributed by atoms with Gasteiger partial charge in [0.25, 0.3) is 0 Å². The van der Waals surface area contributed by atoms with Crippen LogP contribution in [0.3, 0.4) is 0 Å². The number of aliphatic carboxylic acids is 2. The van der Waals surface area contributed by atoms with Crippen molar-refractivity contribution in [1.82, 2.24) is 0 Å². The molecule has 3 radical (unpaired) electrons. The molecule has 0 aromatic rings. The Morgan fingerprint density at radius 2 is 1.05 bits per heavy atom. The molecular weight excluding hydrogens is 299 g/mol. The molecule has 2 atom stereocenters. The summed E-state index contributed by atoms with van der Waals surface area (Å²) >= 11 is 0. The number of rotatable bonds is 10. The van der Waals surface area contributed by atoms with E-state index in [9.17, 15) is 9.59 Å². The highest BCUT2D eigenvalue weighted by Gasteiger charge is 2.13. The Bertz CT molecular complexity index is 233. The van der Waals surface area contributed by atoms with Crippen molar-refractivity contribution >= 4 is 29.3 Å². The lowest BCUT2D eigenvalue weighted by atomic mass is 10.00. The average molecular weight is 333 g/mol. The molecule has 0 amide bonds. The van der Waals surface area contributed by atoms with Gasteiger partial charge in [-0.2, -0.15) is 0 Å². The van der Waals surface area contributed by atoms with Crippen LogP contribution in [0.1, 0.15) is 79.1 Å². The third-order valence-corrected chi connectivity index (χ3v) is 3.50.